The predicted molar refractivity (Wildman–Crippen MR) is 64.6 cm³/mol. The lowest BCUT2D eigenvalue weighted by molar-refractivity contribution is -0.137. The van der Waals surface area contributed by atoms with E-state index >= 15 is 0 Å². The van der Waals surface area contributed by atoms with Crippen LogP contribution in [0.25, 0.3) is 10.2 Å². The zero-order valence-electron chi connectivity index (χ0n) is 8.47. The van der Waals surface area contributed by atoms with Gasteiger partial charge in [0.2, 0.25) is 5.95 Å². The zero-order valence-corrected chi connectivity index (χ0v) is 10.1. The lowest BCUT2D eigenvalue weighted by atomic mass is 10.4. The molecule has 2 heterocycles. The molecule has 0 unspecified atom stereocenters. The van der Waals surface area contributed by atoms with Crippen molar-refractivity contribution in [3.63, 3.8) is 0 Å². The fraction of sp³-hybridized carbons (Fsp3) is 0.222. The first-order chi connectivity index (χ1) is 7.70. The molecule has 0 aromatic carbocycles. The van der Waals surface area contributed by atoms with Crippen LogP contribution in [0.4, 0.5) is 5.95 Å². The Morgan fingerprint density at radius 3 is 3.19 bits per heavy atom. The largest absolute Gasteiger partial charge is 0.468 e. The first-order valence-electron chi connectivity index (χ1n) is 4.41. The molecule has 0 fully saturated rings. The number of methoxy groups -OCH3 is 1. The average molecular weight is 255 g/mol. The number of aromatic nitrogens is 2. The number of nitrogens with zero attached hydrogens (tertiary/aromatic N) is 2. The molecule has 5 nitrogen and oxygen atoms in total. The van der Waals surface area contributed by atoms with Crippen molar-refractivity contribution >= 4 is 45.2 Å². The number of rotatable bonds is 3. The normalized spacial score (nSPS) is 10.6. The monoisotopic (exact) mass is 255 g/mol. The Morgan fingerprint density at radius 2 is 2.44 bits per heavy atom. The van der Waals surface area contributed by atoms with E-state index in [-0.39, 0.29) is 17.7 Å². The third kappa shape index (κ3) is 2.25. The smallest absolute Gasteiger partial charge is 0.316 e. The summed E-state index contributed by atoms with van der Waals surface area (Å²) in [4.78, 5) is 20.1. The molecule has 0 spiro atoms. The number of hydrogen-bond donors (Lipinski definition) is 1. The summed E-state index contributed by atoms with van der Waals surface area (Å²) in [6.45, 7) is 0. The highest BCUT2D eigenvalue weighted by Gasteiger charge is 2.10. The molecule has 7 heteroatoms. The van der Waals surface area contributed by atoms with Crippen LogP contribution >= 0.6 is 23.1 Å². The van der Waals surface area contributed by atoms with E-state index in [1.54, 1.807) is 0 Å². The van der Waals surface area contributed by atoms with Crippen molar-refractivity contribution in [1.82, 2.24) is 9.97 Å². The number of anilines is 1. The Labute approximate surface area is 100 Å². The number of fused-ring (bicyclic) bond motifs is 1. The van der Waals surface area contributed by atoms with Crippen molar-refractivity contribution in [3.8, 4) is 0 Å². The second kappa shape index (κ2) is 4.67. The summed E-state index contributed by atoms with van der Waals surface area (Å²) in [5.74, 6) is 0.158. The summed E-state index contributed by atoms with van der Waals surface area (Å²) in [7, 11) is 1.36. The van der Waals surface area contributed by atoms with Crippen LogP contribution in [0, 0.1) is 0 Å². The average Bonchev–Trinajstić information content (AvgIpc) is 2.73. The lowest BCUT2D eigenvalue weighted by Gasteiger charge is -2.02. The summed E-state index contributed by atoms with van der Waals surface area (Å²) in [6.07, 6.45) is 0. The molecular formula is C9H9N3O2S2. The van der Waals surface area contributed by atoms with E-state index in [4.69, 9.17) is 5.73 Å². The number of nitrogen functional groups attached to an aromatic ring is 1. The van der Waals surface area contributed by atoms with Gasteiger partial charge < -0.3 is 10.5 Å². The Balaban J connectivity index is 2.28. The summed E-state index contributed by atoms with van der Waals surface area (Å²) in [6, 6.07) is 1.92. The van der Waals surface area contributed by atoms with Crippen LogP contribution in [-0.4, -0.2) is 28.8 Å². The van der Waals surface area contributed by atoms with Crippen LogP contribution in [-0.2, 0) is 9.53 Å². The third-order valence-electron chi connectivity index (χ3n) is 1.86. The van der Waals surface area contributed by atoms with Crippen LogP contribution in [0.1, 0.15) is 0 Å². The van der Waals surface area contributed by atoms with Gasteiger partial charge in [0.1, 0.15) is 9.86 Å². The molecule has 0 atom stereocenters. The molecule has 0 aliphatic rings. The minimum Gasteiger partial charge on any atom is -0.468 e. The SMILES string of the molecule is COC(=O)CSc1nc(N)nc2sccc12. The molecule has 0 bridgehead atoms. The first kappa shape index (κ1) is 11.2. The standard InChI is InChI=1S/C9H9N3O2S2/c1-14-6(13)4-16-8-5-2-3-15-7(5)11-9(10)12-8/h2-3H,4H2,1H3,(H2,10,11,12). The minimum atomic E-state index is -0.287. The molecule has 0 saturated heterocycles. The maximum Gasteiger partial charge on any atom is 0.316 e. The number of nitrogens with two attached hydrogens (primary N) is 1. The fourth-order valence-electron chi connectivity index (χ4n) is 1.14. The van der Waals surface area contributed by atoms with Crippen molar-refractivity contribution in [2.45, 2.75) is 5.03 Å². The maximum atomic E-state index is 11.0. The number of hydrogen-bond acceptors (Lipinski definition) is 7. The fourth-order valence-corrected chi connectivity index (χ4v) is 2.83. The molecule has 2 rings (SSSR count). The summed E-state index contributed by atoms with van der Waals surface area (Å²) < 4.78 is 4.56. The molecule has 0 aliphatic carbocycles. The van der Waals surface area contributed by atoms with E-state index in [0.717, 1.165) is 10.2 Å². The van der Waals surface area contributed by atoms with Crippen molar-refractivity contribution < 1.29 is 9.53 Å². The Hall–Kier alpha value is -1.34. The van der Waals surface area contributed by atoms with Gasteiger partial charge in [-0.05, 0) is 11.4 Å². The van der Waals surface area contributed by atoms with Crippen molar-refractivity contribution in [1.29, 1.82) is 0 Å². The number of thiophene rings is 1. The molecule has 16 heavy (non-hydrogen) atoms. The van der Waals surface area contributed by atoms with Crippen LogP contribution < -0.4 is 5.73 Å². The number of thioether (sulfide) groups is 1. The Bertz CT molecular complexity index is 526. The Morgan fingerprint density at radius 1 is 1.62 bits per heavy atom. The van der Waals surface area contributed by atoms with Gasteiger partial charge in [-0.2, -0.15) is 0 Å². The van der Waals surface area contributed by atoms with Gasteiger partial charge in [-0.3, -0.25) is 4.79 Å². The van der Waals surface area contributed by atoms with Crippen LogP contribution in [0.5, 0.6) is 0 Å². The van der Waals surface area contributed by atoms with Crippen LogP contribution in [0.2, 0.25) is 0 Å². The highest BCUT2D eigenvalue weighted by molar-refractivity contribution is 8.00. The number of esters is 1. The first-order valence-corrected chi connectivity index (χ1v) is 6.27. The Kier molecular flexibility index (Phi) is 3.25. The van der Waals surface area contributed by atoms with Gasteiger partial charge in [0.15, 0.2) is 0 Å². The molecule has 0 radical (unpaired) electrons. The van der Waals surface area contributed by atoms with Gasteiger partial charge in [0.25, 0.3) is 0 Å². The number of carbonyl (C=O) groups is 1. The molecule has 0 aliphatic heterocycles. The molecule has 84 valence electrons. The van der Waals surface area contributed by atoms with Crippen LogP contribution in [0.3, 0.4) is 0 Å². The minimum absolute atomic E-state index is 0.220. The van der Waals surface area contributed by atoms with Crippen molar-refractivity contribution in [3.05, 3.63) is 11.4 Å². The quantitative estimate of drug-likeness (QED) is 0.509. The molecule has 0 amide bonds. The van der Waals surface area contributed by atoms with Gasteiger partial charge in [-0.25, -0.2) is 9.97 Å². The molecular weight excluding hydrogens is 246 g/mol. The van der Waals surface area contributed by atoms with E-state index in [0.29, 0.717) is 5.03 Å². The van der Waals surface area contributed by atoms with Crippen LogP contribution in [0.15, 0.2) is 16.5 Å². The zero-order chi connectivity index (χ0) is 11.5. The molecule has 2 aromatic rings. The van der Waals surface area contributed by atoms with Gasteiger partial charge in [0.05, 0.1) is 12.9 Å². The van der Waals surface area contributed by atoms with E-state index in [1.165, 1.54) is 30.2 Å². The van der Waals surface area contributed by atoms with E-state index in [1.807, 2.05) is 11.4 Å². The third-order valence-corrected chi connectivity index (χ3v) is 3.63. The summed E-state index contributed by atoms with van der Waals surface area (Å²) >= 11 is 2.80. The number of carbonyl (C=O) groups excluding carboxylic acids is 1. The topological polar surface area (TPSA) is 78.1 Å². The summed E-state index contributed by atoms with van der Waals surface area (Å²) in [5.41, 5.74) is 5.58. The molecule has 2 aromatic heterocycles. The lowest BCUT2D eigenvalue weighted by Crippen LogP contribution is -2.04. The van der Waals surface area contributed by atoms with Gasteiger partial charge in [-0.1, -0.05) is 11.8 Å². The predicted octanol–water partition coefficient (Wildman–Crippen LogP) is 1.54. The second-order valence-electron chi connectivity index (χ2n) is 2.89. The molecule has 2 N–H and O–H groups in total. The number of ether oxygens (including phenoxy) is 1. The van der Waals surface area contributed by atoms with Crippen molar-refractivity contribution in [2.24, 2.45) is 0 Å². The van der Waals surface area contributed by atoms with Gasteiger partial charge in [0, 0.05) is 5.39 Å². The van der Waals surface area contributed by atoms with E-state index in [2.05, 4.69) is 14.7 Å². The molecule has 0 saturated carbocycles. The summed E-state index contributed by atoms with van der Waals surface area (Å²) in [5, 5.41) is 3.56. The van der Waals surface area contributed by atoms with E-state index in [9.17, 15) is 4.79 Å². The highest BCUT2D eigenvalue weighted by atomic mass is 32.2. The van der Waals surface area contributed by atoms with Gasteiger partial charge in [-0.15, -0.1) is 11.3 Å². The van der Waals surface area contributed by atoms with Gasteiger partial charge >= 0.3 is 5.97 Å². The van der Waals surface area contributed by atoms with Crippen molar-refractivity contribution in [2.75, 3.05) is 18.6 Å². The highest BCUT2D eigenvalue weighted by Crippen LogP contribution is 2.29. The second-order valence-corrected chi connectivity index (χ2v) is 4.75. The van der Waals surface area contributed by atoms with E-state index < -0.39 is 0 Å². The maximum absolute atomic E-state index is 11.0.